The molecular formula is C18H18BrF3N2O2. The number of alkyl halides is 3. The van der Waals surface area contributed by atoms with E-state index >= 15 is 0 Å². The Labute approximate surface area is 157 Å². The molecule has 0 unspecified atom stereocenters. The predicted molar refractivity (Wildman–Crippen MR) is 95.2 cm³/mol. The molecule has 0 spiro atoms. The standard InChI is InChI=1S/C18H18BrF3N2O2/c19-13-3-6-16(25)15(11-13)17(24-9-7-23-8-10-24)12-1-4-14(5-2-12)26-18(20,21)22/h1-6,11,17,23,25H,7-10H2/t17-/m1/s1. The summed E-state index contributed by atoms with van der Waals surface area (Å²) < 4.78 is 41.9. The third-order valence-corrected chi connectivity index (χ3v) is 4.72. The van der Waals surface area contributed by atoms with Crippen LogP contribution < -0.4 is 10.1 Å². The Balaban J connectivity index is 1.96. The number of nitrogens with zero attached hydrogens (tertiary/aromatic N) is 1. The number of nitrogens with one attached hydrogen (secondary N) is 1. The Bertz CT molecular complexity index is 747. The van der Waals surface area contributed by atoms with E-state index in [1.165, 1.54) is 12.1 Å². The first kappa shape index (κ1) is 19.0. The highest BCUT2D eigenvalue weighted by molar-refractivity contribution is 9.10. The first-order chi connectivity index (χ1) is 12.3. The van der Waals surface area contributed by atoms with Crippen LogP contribution in [0.2, 0.25) is 0 Å². The van der Waals surface area contributed by atoms with E-state index in [0.29, 0.717) is 5.56 Å². The van der Waals surface area contributed by atoms with Crippen LogP contribution in [0.3, 0.4) is 0 Å². The lowest BCUT2D eigenvalue weighted by Crippen LogP contribution is -2.45. The van der Waals surface area contributed by atoms with Gasteiger partial charge in [0.15, 0.2) is 0 Å². The molecule has 1 atom stereocenters. The Hall–Kier alpha value is -1.77. The molecule has 4 nitrogen and oxygen atoms in total. The van der Waals surface area contributed by atoms with Crippen molar-refractivity contribution in [2.45, 2.75) is 12.4 Å². The number of hydrogen-bond donors (Lipinski definition) is 2. The fraction of sp³-hybridized carbons (Fsp3) is 0.333. The van der Waals surface area contributed by atoms with Crippen molar-refractivity contribution >= 4 is 15.9 Å². The van der Waals surface area contributed by atoms with Gasteiger partial charge < -0.3 is 15.2 Å². The van der Waals surface area contributed by atoms with Gasteiger partial charge in [-0.3, -0.25) is 4.90 Å². The SMILES string of the molecule is Oc1ccc(Br)cc1[C@@H](c1ccc(OC(F)(F)F)cc1)N1CCNCC1. The molecule has 2 aromatic carbocycles. The molecular weight excluding hydrogens is 413 g/mol. The molecule has 2 N–H and O–H groups in total. The van der Waals surface area contributed by atoms with Gasteiger partial charge in [0.2, 0.25) is 0 Å². The smallest absolute Gasteiger partial charge is 0.508 e. The lowest BCUT2D eigenvalue weighted by molar-refractivity contribution is -0.274. The molecule has 0 amide bonds. The summed E-state index contributed by atoms with van der Waals surface area (Å²) in [6, 6.07) is 10.7. The topological polar surface area (TPSA) is 44.7 Å². The van der Waals surface area contributed by atoms with Crippen molar-refractivity contribution in [1.82, 2.24) is 10.2 Å². The molecule has 0 bridgehead atoms. The van der Waals surface area contributed by atoms with Crippen LogP contribution in [0.4, 0.5) is 13.2 Å². The number of rotatable bonds is 4. The largest absolute Gasteiger partial charge is 0.573 e. The van der Waals surface area contributed by atoms with Gasteiger partial charge in [0.05, 0.1) is 6.04 Å². The summed E-state index contributed by atoms with van der Waals surface area (Å²) in [5, 5.41) is 13.6. The average molecular weight is 431 g/mol. The quantitative estimate of drug-likeness (QED) is 0.767. The van der Waals surface area contributed by atoms with Crippen LogP contribution in [-0.2, 0) is 0 Å². The average Bonchev–Trinajstić information content (AvgIpc) is 2.59. The molecule has 2 aromatic rings. The van der Waals surface area contributed by atoms with Gasteiger partial charge in [-0.1, -0.05) is 28.1 Å². The zero-order chi connectivity index (χ0) is 18.7. The van der Waals surface area contributed by atoms with E-state index in [9.17, 15) is 18.3 Å². The van der Waals surface area contributed by atoms with Crippen molar-refractivity contribution in [2.24, 2.45) is 0 Å². The van der Waals surface area contributed by atoms with Crippen molar-refractivity contribution < 1.29 is 23.0 Å². The Morgan fingerprint density at radius 3 is 2.35 bits per heavy atom. The molecule has 1 aliphatic heterocycles. The number of aromatic hydroxyl groups is 1. The van der Waals surface area contributed by atoms with Crippen LogP contribution in [-0.4, -0.2) is 42.5 Å². The van der Waals surface area contributed by atoms with E-state index in [0.717, 1.165) is 36.2 Å². The third kappa shape index (κ3) is 4.69. The lowest BCUT2D eigenvalue weighted by Gasteiger charge is -2.36. The Kier molecular flexibility index (Phi) is 5.74. The van der Waals surface area contributed by atoms with Gasteiger partial charge in [-0.15, -0.1) is 13.2 Å². The summed E-state index contributed by atoms with van der Waals surface area (Å²) in [5.74, 6) is -0.119. The molecule has 1 fully saturated rings. The van der Waals surface area contributed by atoms with E-state index in [2.05, 4.69) is 30.9 Å². The fourth-order valence-electron chi connectivity index (χ4n) is 3.12. The van der Waals surface area contributed by atoms with Crippen molar-refractivity contribution in [1.29, 1.82) is 0 Å². The maximum atomic E-state index is 12.4. The maximum absolute atomic E-state index is 12.4. The zero-order valence-corrected chi connectivity index (χ0v) is 15.3. The van der Waals surface area contributed by atoms with Crippen LogP contribution in [0.1, 0.15) is 17.2 Å². The monoisotopic (exact) mass is 430 g/mol. The maximum Gasteiger partial charge on any atom is 0.573 e. The number of piperazine rings is 1. The summed E-state index contributed by atoms with van der Waals surface area (Å²) in [5.41, 5.74) is 1.49. The molecule has 3 rings (SSSR count). The van der Waals surface area contributed by atoms with Crippen molar-refractivity contribution in [3.05, 3.63) is 58.1 Å². The molecule has 140 valence electrons. The highest BCUT2D eigenvalue weighted by Gasteiger charge is 2.31. The van der Waals surface area contributed by atoms with Crippen LogP contribution in [0.5, 0.6) is 11.5 Å². The molecule has 1 heterocycles. The fourth-order valence-corrected chi connectivity index (χ4v) is 3.50. The lowest BCUT2D eigenvalue weighted by atomic mass is 9.95. The number of benzene rings is 2. The van der Waals surface area contributed by atoms with E-state index < -0.39 is 6.36 Å². The minimum atomic E-state index is -4.72. The van der Waals surface area contributed by atoms with E-state index in [1.54, 1.807) is 24.3 Å². The first-order valence-corrected chi connectivity index (χ1v) is 8.92. The van der Waals surface area contributed by atoms with E-state index in [4.69, 9.17) is 0 Å². The van der Waals surface area contributed by atoms with Gasteiger partial charge >= 0.3 is 6.36 Å². The van der Waals surface area contributed by atoms with Crippen molar-refractivity contribution in [3.8, 4) is 11.5 Å². The van der Waals surface area contributed by atoms with Crippen LogP contribution in [0.15, 0.2) is 46.9 Å². The van der Waals surface area contributed by atoms with Crippen molar-refractivity contribution in [2.75, 3.05) is 26.2 Å². The zero-order valence-electron chi connectivity index (χ0n) is 13.8. The van der Waals surface area contributed by atoms with Gasteiger partial charge in [0.25, 0.3) is 0 Å². The molecule has 8 heteroatoms. The van der Waals surface area contributed by atoms with Crippen LogP contribution in [0.25, 0.3) is 0 Å². The van der Waals surface area contributed by atoms with Gasteiger partial charge in [-0.25, -0.2) is 0 Å². The number of halogens is 4. The Morgan fingerprint density at radius 2 is 1.73 bits per heavy atom. The molecule has 0 radical (unpaired) electrons. The highest BCUT2D eigenvalue weighted by atomic mass is 79.9. The summed E-state index contributed by atoms with van der Waals surface area (Å²) >= 11 is 3.42. The summed E-state index contributed by atoms with van der Waals surface area (Å²) in [7, 11) is 0. The van der Waals surface area contributed by atoms with Gasteiger partial charge in [0, 0.05) is 36.2 Å². The Morgan fingerprint density at radius 1 is 1.08 bits per heavy atom. The van der Waals surface area contributed by atoms with Gasteiger partial charge in [-0.05, 0) is 35.9 Å². The van der Waals surface area contributed by atoms with Crippen LogP contribution in [0, 0.1) is 0 Å². The second-order valence-corrected chi connectivity index (χ2v) is 6.92. The molecule has 1 aliphatic rings. The summed E-state index contributed by atoms with van der Waals surface area (Å²) in [6.45, 7) is 3.13. The molecule has 0 saturated carbocycles. The third-order valence-electron chi connectivity index (χ3n) is 4.23. The minimum Gasteiger partial charge on any atom is -0.508 e. The molecule has 0 aliphatic carbocycles. The number of hydrogen-bond acceptors (Lipinski definition) is 4. The van der Waals surface area contributed by atoms with E-state index in [1.807, 2.05) is 6.07 Å². The second kappa shape index (κ2) is 7.85. The molecule has 0 aromatic heterocycles. The first-order valence-electron chi connectivity index (χ1n) is 8.12. The van der Waals surface area contributed by atoms with Gasteiger partial charge in [0.1, 0.15) is 11.5 Å². The molecule has 26 heavy (non-hydrogen) atoms. The van der Waals surface area contributed by atoms with Crippen molar-refractivity contribution in [3.63, 3.8) is 0 Å². The predicted octanol–water partition coefficient (Wildman–Crippen LogP) is 4.05. The number of ether oxygens (including phenoxy) is 1. The van der Waals surface area contributed by atoms with Crippen LogP contribution >= 0.6 is 15.9 Å². The number of phenols is 1. The van der Waals surface area contributed by atoms with Gasteiger partial charge in [-0.2, -0.15) is 0 Å². The highest BCUT2D eigenvalue weighted by Crippen LogP contribution is 2.37. The molecule has 1 saturated heterocycles. The minimum absolute atomic E-state index is 0.146. The van der Waals surface area contributed by atoms with E-state index in [-0.39, 0.29) is 17.5 Å². The normalized spacial score (nSPS) is 17.1. The second-order valence-electron chi connectivity index (χ2n) is 6.01. The summed E-state index contributed by atoms with van der Waals surface area (Å²) in [6.07, 6.45) is -4.72. The number of phenolic OH excluding ortho intramolecular Hbond substituents is 1. The summed E-state index contributed by atoms with van der Waals surface area (Å²) in [4.78, 5) is 2.19.